The van der Waals surface area contributed by atoms with Crippen LogP contribution in [-0.4, -0.2) is 70.4 Å². The van der Waals surface area contributed by atoms with Gasteiger partial charge in [0.1, 0.15) is 25.4 Å². The van der Waals surface area contributed by atoms with Crippen LogP contribution in [0.2, 0.25) is 0 Å². The highest BCUT2D eigenvalue weighted by atomic mass is 16.5. The lowest BCUT2D eigenvalue weighted by molar-refractivity contribution is -0.921. The van der Waals surface area contributed by atoms with Crippen molar-refractivity contribution >= 4 is 11.6 Å². The van der Waals surface area contributed by atoms with Gasteiger partial charge >= 0.3 is 0 Å². The smallest absolute Gasteiger partial charge is 0.253 e. The maximum absolute atomic E-state index is 12.9. The summed E-state index contributed by atoms with van der Waals surface area (Å²) in [5.41, 5.74) is 3.15. The largest absolute Gasteiger partial charge is 0.495 e. The Bertz CT molecular complexity index is 810. The number of rotatable bonds is 5. The average Bonchev–Trinajstić information content (AvgIpc) is 2.80. The molecule has 2 heterocycles. The van der Waals surface area contributed by atoms with Crippen molar-refractivity contribution in [3.8, 4) is 5.75 Å². The van der Waals surface area contributed by atoms with Gasteiger partial charge in [-0.15, -0.1) is 0 Å². The third-order valence-electron chi connectivity index (χ3n) is 5.85. The third-order valence-corrected chi connectivity index (χ3v) is 5.85. The van der Waals surface area contributed by atoms with Crippen LogP contribution in [-0.2, 0) is 11.3 Å². The van der Waals surface area contributed by atoms with Crippen molar-refractivity contribution in [1.29, 1.82) is 0 Å². The zero-order valence-electron chi connectivity index (χ0n) is 17.1. The molecule has 0 spiro atoms. The number of piperazine rings is 1. The third kappa shape index (κ3) is 4.71. The van der Waals surface area contributed by atoms with E-state index in [1.54, 1.807) is 12.0 Å². The number of para-hydroxylation sites is 2. The molecule has 2 fully saturated rings. The van der Waals surface area contributed by atoms with Gasteiger partial charge in [0.2, 0.25) is 0 Å². The summed E-state index contributed by atoms with van der Waals surface area (Å²) < 4.78 is 10.9. The molecule has 2 saturated heterocycles. The summed E-state index contributed by atoms with van der Waals surface area (Å²) in [5, 5.41) is 0. The molecule has 29 heavy (non-hydrogen) atoms. The monoisotopic (exact) mass is 396 g/mol. The minimum atomic E-state index is 0.120. The summed E-state index contributed by atoms with van der Waals surface area (Å²) >= 11 is 0. The van der Waals surface area contributed by atoms with E-state index >= 15 is 0 Å². The SMILES string of the molecule is COc1ccccc1N1CCN(C(=O)c2ccc(C[NH+]3CCOCC3)cc2)CC1. The highest BCUT2D eigenvalue weighted by Gasteiger charge is 2.24. The summed E-state index contributed by atoms with van der Waals surface area (Å²) in [7, 11) is 1.70. The van der Waals surface area contributed by atoms with E-state index in [-0.39, 0.29) is 5.91 Å². The van der Waals surface area contributed by atoms with Crippen LogP contribution < -0.4 is 14.5 Å². The maximum atomic E-state index is 12.9. The first kappa shape index (κ1) is 19.7. The van der Waals surface area contributed by atoms with Crippen molar-refractivity contribution in [2.24, 2.45) is 0 Å². The molecule has 0 aromatic heterocycles. The minimum absolute atomic E-state index is 0.120. The molecule has 2 aromatic carbocycles. The maximum Gasteiger partial charge on any atom is 0.253 e. The van der Waals surface area contributed by atoms with E-state index in [2.05, 4.69) is 23.1 Å². The van der Waals surface area contributed by atoms with Crippen LogP contribution in [0.1, 0.15) is 15.9 Å². The predicted molar refractivity (Wildman–Crippen MR) is 113 cm³/mol. The number of ether oxygens (including phenoxy) is 2. The number of nitrogens with zero attached hydrogens (tertiary/aromatic N) is 2. The summed E-state index contributed by atoms with van der Waals surface area (Å²) in [6.07, 6.45) is 0. The van der Waals surface area contributed by atoms with Gasteiger partial charge in [-0.05, 0) is 24.3 Å². The lowest BCUT2D eigenvalue weighted by atomic mass is 10.1. The van der Waals surface area contributed by atoms with Crippen molar-refractivity contribution in [2.45, 2.75) is 6.54 Å². The quantitative estimate of drug-likeness (QED) is 0.822. The summed E-state index contributed by atoms with van der Waals surface area (Å²) in [4.78, 5) is 18.7. The molecule has 154 valence electrons. The van der Waals surface area contributed by atoms with Crippen molar-refractivity contribution in [3.63, 3.8) is 0 Å². The molecule has 1 N–H and O–H groups in total. The van der Waals surface area contributed by atoms with E-state index in [1.807, 2.05) is 35.2 Å². The molecular weight excluding hydrogens is 366 g/mol. The molecule has 0 unspecified atom stereocenters. The molecule has 0 atom stereocenters. The Morgan fingerprint density at radius 2 is 1.69 bits per heavy atom. The molecule has 4 rings (SSSR count). The summed E-state index contributed by atoms with van der Waals surface area (Å²) in [5.74, 6) is 1.00. The number of carbonyl (C=O) groups is 1. The highest BCUT2D eigenvalue weighted by molar-refractivity contribution is 5.94. The Balaban J connectivity index is 1.33. The predicted octanol–water partition coefficient (Wildman–Crippen LogP) is 1.07. The molecule has 6 nitrogen and oxygen atoms in total. The van der Waals surface area contributed by atoms with E-state index in [4.69, 9.17) is 9.47 Å². The number of anilines is 1. The standard InChI is InChI=1S/C23H29N3O3/c1-28-22-5-3-2-4-21(22)25-10-12-26(13-11-25)23(27)20-8-6-19(7-9-20)18-24-14-16-29-17-15-24/h2-9H,10-18H2,1H3/p+1. The number of amides is 1. The number of quaternary nitrogens is 1. The van der Waals surface area contributed by atoms with Gasteiger partial charge in [-0.1, -0.05) is 24.3 Å². The lowest BCUT2D eigenvalue weighted by Gasteiger charge is -2.36. The Labute approximate surface area is 172 Å². The minimum Gasteiger partial charge on any atom is -0.495 e. The van der Waals surface area contributed by atoms with Crippen molar-refractivity contribution in [2.75, 3.05) is 64.5 Å². The zero-order chi connectivity index (χ0) is 20.1. The fourth-order valence-corrected chi connectivity index (χ4v) is 4.11. The molecule has 1 amide bonds. The number of hydrogen-bond acceptors (Lipinski definition) is 4. The molecular formula is C23H30N3O3+. The van der Waals surface area contributed by atoms with Gasteiger partial charge in [0.25, 0.3) is 5.91 Å². The van der Waals surface area contributed by atoms with Gasteiger partial charge < -0.3 is 24.2 Å². The number of hydrogen-bond donors (Lipinski definition) is 1. The van der Waals surface area contributed by atoms with Crippen LogP contribution in [0.5, 0.6) is 5.75 Å². The van der Waals surface area contributed by atoms with Crippen LogP contribution in [0, 0.1) is 0 Å². The molecule has 2 aromatic rings. The molecule has 0 bridgehead atoms. The van der Waals surface area contributed by atoms with E-state index < -0.39 is 0 Å². The Morgan fingerprint density at radius 1 is 1.00 bits per heavy atom. The second-order valence-corrected chi connectivity index (χ2v) is 7.69. The Hall–Kier alpha value is -2.57. The van der Waals surface area contributed by atoms with Crippen molar-refractivity contribution < 1.29 is 19.2 Å². The Morgan fingerprint density at radius 3 is 2.38 bits per heavy atom. The molecule has 0 radical (unpaired) electrons. The first-order valence-corrected chi connectivity index (χ1v) is 10.4. The van der Waals surface area contributed by atoms with Gasteiger partial charge in [0.15, 0.2) is 0 Å². The molecule has 2 aliphatic rings. The first-order valence-electron chi connectivity index (χ1n) is 10.4. The second-order valence-electron chi connectivity index (χ2n) is 7.69. The van der Waals surface area contributed by atoms with Gasteiger partial charge in [0, 0.05) is 37.3 Å². The van der Waals surface area contributed by atoms with Crippen LogP contribution in [0.3, 0.4) is 0 Å². The normalized spacial score (nSPS) is 18.0. The fourth-order valence-electron chi connectivity index (χ4n) is 4.11. The van der Waals surface area contributed by atoms with Gasteiger partial charge in [-0.3, -0.25) is 4.79 Å². The topological polar surface area (TPSA) is 46.5 Å². The van der Waals surface area contributed by atoms with Gasteiger partial charge in [0.05, 0.1) is 26.0 Å². The first-order chi connectivity index (χ1) is 14.2. The summed E-state index contributed by atoms with van der Waals surface area (Å²) in [6.45, 7) is 7.84. The second kappa shape index (κ2) is 9.29. The summed E-state index contributed by atoms with van der Waals surface area (Å²) in [6, 6.07) is 16.2. The zero-order valence-corrected chi connectivity index (χ0v) is 17.1. The van der Waals surface area contributed by atoms with Crippen LogP contribution >= 0.6 is 0 Å². The van der Waals surface area contributed by atoms with Crippen LogP contribution in [0.15, 0.2) is 48.5 Å². The van der Waals surface area contributed by atoms with E-state index in [9.17, 15) is 4.79 Å². The Kier molecular flexibility index (Phi) is 6.32. The molecule has 0 saturated carbocycles. The number of morpholine rings is 1. The van der Waals surface area contributed by atoms with Gasteiger partial charge in [-0.25, -0.2) is 0 Å². The van der Waals surface area contributed by atoms with Crippen LogP contribution in [0.4, 0.5) is 5.69 Å². The number of nitrogens with one attached hydrogen (secondary N) is 1. The van der Waals surface area contributed by atoms with E-state index in [0.29, 0.717) is 0 Å². The van der Waals surface area contributed by atoms with Crippen LogP contribution in [0.25, 0.3) is 0 Å². The van der Waals surface area contributed by atoms with E-state index in [0.717, 1.165) is 76.0 Å². The average molecular weight is 397 g/mol. The van der Waals surface area contributed by atoms with E-state index in [1.165, 1.54) is 5.56 Å². The fraction of sp³-hybridized carbons (Fsp3) is 0.435. The molecule has 6 heteroatoms. The lowest BCUT2D eigenvalue weighted by Crippen LogP contribution is -3.12. The number of methoxy groups -OCH3 is 1. The molecule has 2 aliphatic heterocycles. The number of carbonyl (C=O) groups excluding carboxylic acids is 1. The van der Waals surface area contributed by atoms with Crippen molar-refractivity contribution in [1.82, 2.24) is 4.90 Å². The van der Waals surface area contributed by atoms with Crippen molar-refractivity contribution in [3.05, 3.63) is 59.7 Å². The molecule has 0 aliphatic carbocycles. The number of benzene rings is 2. The highest BCUT2D eigenvalue weighted by Crippen LogP contribution is 2.28. The van der Waals surface area contributed by atoms with Gasteiger partial charge in [-0.2, -0.15) is 0 Å².